The van der Waals surface area contributed by atoms with Crippen LogP contribution in [0.1, 0.15) is 11.8 Å². The van der Waals surface area contributed by atoms with Gasteiger partial charge >= 0.3 is 29.6 Å². The Morgan fingerprint density at radius 2 is 1.90 bits per heavy atom. The van der Waals surface area contributed by atoms with E-state index in [4.69, 9.17) is 23.2 Å². The molecule has 1 aromatic heterocycles. The van der Waals surface area contributed by atoms with Crippen LogP contribution in [0, 0.1) is 0 Å². The van der Waals surface area contributed by atoms with Gasteiger partial charge in [-0.2, -0.15) is 0 Å². The Morgan fingerprint density at radius 3 is 2.43 bits per heavy atom. The molecule has 0 aliphatic heterocycles. The van der Waals surface area contributed by atoms with E-state index < -0.39 is 15.9 Å². The summed E-state index contributed by atoms with van der Waals surface area (Å²) < 4.78 is 26.6. The molecule has 0 atom stereocenters. The molecule has 1 amide bonds. The van der Waals surface area contributed by atoms with E-state index in [-0.39, 0.29) is 45.8 Å². The predicted molar refractivity (Wildman–Crippen MR) is 84.2 cm³/mol. The molecule has 4 nitrogen and oxygen atoms in total. The molecule has 0 saturated carbocycles. The molecule has 0 aliphatic carbocycles. The van der Waals surface area contributed by atoms with E-state index in [1.807, 2.05) is 4.72 Å². The summed E-state index contributed by atoms with van der Waals surface area (Å²) in [5, 5.41) is 0.439. The van der Waals surface area contributed by atoms with E-state index in [1.165, 1.54) is 24.3 Å². The Labute approximate surface area is 167 Å². The number of halogens is 3. The molecule has 0 saturated heterocycles. The number of carbonyl (C=O) groups is 1. The Bertz CT molecular complexity index is 785. The molecule has 2 aromatic rings. The predicted octanol–water partition coefficient (Wildman–Crippen LogP) is 1.05. The van der Waals surface area contributed by atoms with Crippen LogP contribution in [-0.2, 0) is 10.0 Å². The summed E-state index contributed by atoms with van der Waals surface area (Å²) >= 11 is 15.7. The molecule has 0 radical (unpaired) electrons. The fourth-order valence-electron chi connectivity index (χ4n) is 1.34. The van der Waals surface area contributed by atoms with Gasteiger partial charge in [0, 0.05) is 5.02 Å². The second kappa shape index (κ2) is 7.79. The Balaban J connectivity index is 0.00000220. The van der Waals surface area contributed by atoms with E-state index in [2.05, 4.69) is 15.9 Å². The standard InChI is InChI=1S/C11H6BrCl2NO3S2.Na.H/c12-9-3-4-10(19-9)20(17,18)15-11(16)7-2-1-6(13)5-8(7)14;;/h1-5H,(H,15,16);;/q;+1;-1. The monoisotopic (exact) mass is 437 g/mol. The summed E-state index contributed by atoms with van der Waals surface area (Å²) in [4.78, 5) is 11.9. The molecule has 0 aliphatic rings. The minimum absolute atomic E-state index is 0. The molecule has 1 aromatic carbocycles. The number of benzene rings is 1. The molecule has 1 heterocycles. The SMILES string of the molecule is O=C(NS(=O)(=O)c1ccc(Br)s1)c1ccc(Cl)cc1Cl.[H-].[Na+]. The molecule has 2 rings (SSSR count). The number of thiophene rings is 1. The van der Waals surface area contributed by atoms with Crippen molar-refractivity contribution in [2.75, 3.05) is 0 Å². The smallest absolute Gasteiger partial charge is 1.00 e. The third-order valence-electron chi connectivity index (χ3n) is 2.22. The van der Waals surface area contributed by atoms with Gasteiger partial charge in [-0.25, -0.2) is 13.1 Å². The van der Waals surface area contributed by atoms with Crippen LogP contribution < -0.4 is 34.3 Å². The van der Waals surface area contributed by atoms with Gasteiger partial charge in [0.25, 0.3) is 15.9 Å². The van der Waals surface area contributed by atoms with Crippen molar-refractivity contribution >= 4 is 66.4 Å². The van der Waals surface area contributed by atoms with Crippen molar-refractivity contribution in [3.8, 4) is 0 Å². The number of amides is 1. The van der Waals surface area contributed by atoms with Crippen LogP contribution in [0.3, 0.4) is 0 Å². The number of nitrogens with one attached hydrogen (secondary N) is 1. The van der Waals surface area contributed by atoms with Gasteiger partial charge in [-0.05, 0) is 46.3 Å². The van der Waals surface area contributed by atoms with Crippen LogP contribution in [-0.4, -0.2) is 14.3 Å². The van der Waals surface area contributed by atoms with Gasteiger partial charge in [0.1, 0.15) is 4.21 Å². The third-order valence-corrected chi connectivity index (χ3v) is 6.21. The molecular weight excluding hydrogens is 432 g/mol. The molecule has 0 bridgehead atoms. The summed E-state index contributed by atoms with van der Waals surface area (Å²) in [5.41, 5.74) is 0.0373. The van der Waals surface area contributed by atoms with E-state index in [0.29, 0.717) is 8.81 Å². The summed E-state index contributed by atoms with van der Waals surface area (Å²) in [6.45, 7) is 0. The average Bonchev–Trinajstić information content (AvgIpc) is 2.75. The van der Waals surface area contributed by atoms with Gasteiger partial charge in [0.05, 0.1) is 14.4 Å². The van der Waals surface area contributed by atoms with Crippen molar-refractivity contribution in [2.24, 2.45) is 0 Å². The van der Waals surface area contributed by atoms with Crippen LogP contribution in [0.15, 0.2) is 38.3 Å². The van der Waals surface area contributed by atoms with Gasteiger partial charge in [-0.3, -0.25) is 4.79 Å². The minimum Gasteiger partial charge on any atom is -1.00 e. The zero-order valence-electron chi connectivity index (χ0n) is 11.6. The maximum Gasteiger partial charge on any atom is 1.00 e. The molecule has 0 spiro atoms. The van der Waals surface area contributed by atoms with Crippen molar-refractivity contribution in [2.45, 2.75) is 4.21 Å². The number of sulfonamides is 1. The zero-order valence-corrected chi connectivity index (χ0v) is 17.3. The van der Waals surface area contributed by atoms with E-state index >= 15 is 0 Å². The molecule has 108 valence electrons. The molecule has 10 heteroatoms. The maximum atomic E-state index is 12.0. The largest absolute Gasteiger partial charge is 1.00 e. The summed E-state index contributed by atoms with van der Waals surface area (Å²) in [6, 6.07) is 7.16. The molecule has 0 unspecified atom stereocenters. The fourth-order valence-corrected chi connectivity index (χ4v) is 4.81. The van der Waals surface area contributed by atoms with Crippen molar-refractivity contribution in [3.63, 3.8) is 0 Å². The summed E-state index contributed by atoms with van der Waals surface area (Å²) in [5.74, 6) is -0.809. The quantitative estimate of drug-likeness (QED) is 0.728. The van der Waals surface area contributed by atoms with Gasteiger partial charge < -0.3 is 1.43 Å². The molecular formula is C11H7BrCl2NNaO3S2. The number of hydrogen-bond donors (Lipinski definition) is 1. The minimum atomic E-state index is -3.92. The van der Waals surface area contributed by atoms with Crippen molar-refractivity contribution < 1.29 is 44.2 Å². The van der Waals surface area contributed by atoms with Gasteiger partial charge in [0.2, 0.25) is 0 Å². The number of carbonyl (C=O) groups excluding carboxylic acids is 1. The second-order valence-electron chi connectivity index (χ2n) is 3.62. The van der Waals surface area contributed by atoms with Gasteiger partial charge in [0.15, 0.2) is 0 Å². The first-order chi connectivity index (χ1) is 9.29. The zero-order chi connectivity index (χ0) is 14.9. The summed E-state index contributed by atoms with van der Waals surface area (Å²) in [7, 11) is -3.92. The Morgan fingerprint density at radius 1 is 1.24 bits per heavy atom. The number of hydrogen-bond acceptors (Lipinski definition) is 4. The van der Waals surface area contributed by atoms with E-state index in [1.54, 1.807) is 6.07 Å². The van der Waals surface area contributed by atoms with E-state index in [9.17, 15) is 13.2 Å². The summed E-state index contributed by atoms with van der Waals surface area (Å²) in [6.07, 6.45) is 0. The Kier molecular flexibility index (Phi) is 7.21. The average molecular weight is 439 g/mol. The van der Waals surface area contributed by atoms with Crippen LogP contribution in [0.2, 0.25) is 10.0 Å². The van der Waals surface area contributed by atoms with E-state index in [0.717, 1.165) is 11.3 Å². The molecule has 1 N–H and O–H groups in total. The fraction of sp³-hybridized carbons (Fsp3) is 0. The van der Waals surface area contributed by atoms with Gasteiger partial charge in [-0.15, -0.1) is 11.3 Å². The first kappa shape index (κ1) is 19.4. The molecule has 21 heavy (non-hydrogen) atoms. The number of rotatable bonds is 3. The van der Waals surface area contributed by atoms with Crippen LogP contribution >= 0.6 is 50.5 Å². The first-order valence-corrected chi connectivity index (χ1v) is 8.92. The topological polar surface area (TPSA) is 63.2 Å². The van der Waals surface area contributed by atoms with Crippen LogP contribution in [0.25, 0.3) is 0 Å². The van der Waals surface area contributed by atoms with Crippen molar-refractivity contribution in [1.82, 2.24) is 4.72 Å². The van der Waals surface area contributed by atoms with Crippen molar-refractivity contribution in [3.05, 3.63) is 49.7 Å². The van der Waals surface area contributed by atoms with Crippen molar-refractivity contribution in [1.29, 1.82) is 0 Å². The Hall–Kier alpha value is 0.400. The van der Waals surface area contributed by atoms with Gasteiger partial charge in [-0.1, -0.05) is 23.2 Å². The molecule has 0 fully saturated rings. The van der Waals surface area contributed by atoms with Crippen LogP contribution in [0.4, 0.5) is 0 Å². The first-order valence-electron chi connectivity index (χ1n) is 5.07. The normalized spacial score (nSPS) is 10.8. The van der Waals surface area contributed by atoms with Crippen LogP contribution in [0.5, 0.6) is 0 Å². The third kappa shape index (κ3) is 4.94. The second-order valence-corrected chi connectivity index (χ2v) is 8.83. The maximum absolute atomic E-state index is 12.0.